The molecule has 4 heteroatoms. The van der Waals surface area contributed by atoms with Crippen LogP contribution in [0.2, 0.25) is 0 Å². The van der Waals surface area contributed by atoms with E-state index in [1.165, 1.54) is 15.3 Å². The van der Waals surface area contributed by atoms with Gasteiger partial charge in [0.25, 0.3) is 0 Å². The first-order valence-corrected chi connectivity index (χ1v) is 8.80. The van der Waals surface area contributed by atoms with E-state index in [0.717, 1.165) is 6.42 Å². The van der Waals surface area contributed by atoms with Gasteiger partial charge in [-0.3, -0.25) is 4.98 Å². The van der Waals surface area contributed by atoms with Gasteiger partial charge in [0.2, 0.25) is 0 Å². The Bertz CT molecular complexity index is 633. The van der Waals surface area contributed by atoms with Gasteiger partial charge in [0.05, 0.1) is 0 Å². The van der Waals surface area contributed by atoms with Crippen LogP contribution in [0.1, 0.15) is 34.3 Å². The van der Waals surface area contributed by atoms with Crippen LogP contribution in [0.4, 0.5) is 0 Å². The molecule has 108 valence electrons. The lowest BCUT2D eigenvalue weighted by Gasteiger charge is -2.22. The van der Waals surface area contributed by atoms with E-state index in [4.69, 9.17) is 0 Å². The lowest BCUT2D eigenvalue weighted by molar-refractivity contribution is 0.471. The zero-order chi connectivity index (χ0) is 14.5. The normalized spacial score (nSPS) is 14.0. The zero-order valence-electron chi connectivity index (χ0n) is 11.9. The van der Waals surface area contributed by atoms with E-state index in [2.05, 4.69) is 58.3 Å². The van der Waals surface area contributed by atoms with Crippen molar-refractivity contribution in [3.05, 3.63) is 74.9 Å². The molecular weight excluding hydrogens is 296 g/mol. The van der Waals surface area contributed by atoms with Crippen LogP contribution in [0.5, 0.6) is 0 Å². The second kappa shape index (κ2) is 6.98. The average molecular weight is 314 g/mol. The summed E-state index contributed by atoms with van der Waals surface area (Å²) in [4.78, 5) is 7.02. The van der Waals surface area contributed by atoms with Crippen molar-refractivity contribution >= 4 is 22.7 Å². The minimum Gasteiger partial charge on any atom is -0.302 e. The molecule has 0 aliphatic rings. The molecule has 0 spiro atoms. The largest absolute Gasteiger partial charge is 0.302 e. The highest BCUT2D eigenvalue weighted by molar-refractivity contribution is 7.10. The van der Waals surface area contributed by atoms with Crippen LogP contribution in [-0.2, 0) is 6.42 Å². The number of hydrogen-bond donors (Lipinski definition) is 1. The SMILES string of the molecule is C[C@H](NC(Cc1cccs1)c1cccs1)c1cccnc1. The highest BCUT2D eigenvalue weighted by atomic mass is 32.1. The van der Waals surface area contributed by atoms with E-state index in [1.54, 1.807) is 0 Å². The van der Waals surface area contributed by atoms with Gasteiger partial charge in [-0.2, -0.15) is 0 Å². The second-order valence-corrected chi connectivity index (χ2v) is 7.04. The monoisotopic (exact) mass is 314 g/mol. The lowest BCUT2D eigenvalue weighted by Crippen LogP contribution is -2.25. The van der Waals surface area contributed by atoms with Crippen LogP contribution < -0.4 is 5.32 Å². The predicted molar refractivity (Wildman–Crippen MR) is 90.9 cm³/mol. The van der Waals surface area contributed by atoms with Gasteiger partial charge in [0.1, 0.15) is 0 Å². The van der Waals surface area contributed by atoms with Crippen molar-refractivity contribution in [2.45, 2.75) is 25.4 Å². The summed E-state index contributed by atoms with van der Waals surface area (Å²) in [6.45, 7) is 2.20. The van der Waals surface area contributed by atoms with Crippen molar-refractivity contribution in [3.8, 4) is 0 Å². The molecule has 0 saturated heterocycles. The fraction of sp³-hybridized carbons (Fsp3) is 0.235. The van der Waals surface area contributed by atoms with Crippen LogP contribution in [0.25, 0.3) is 0 Å². The Hall–Kier alpha value is -1.49. The number of nitrogens with one attached hydrogen (secondary N) is 1. The molecule has 0 bridgehead atoms. The van der Waals surface area contributed by atoms with Crippen molar-refractivity contribution in [2.75, 3.05) is 0 Å². The molecule has 3 rings (SSSR count). The number of rotatable bonds is 6. The third-order valence-corrected chi connectivity index (χ3v) is 5.39. The highest BCUT2D eigenvalue weighted by Crippen LogP contribution is 2.27. The molecule has 2 atom stereocenters. The fourth-order valence-electron chi connectivity index (χ4n) is 2.39. The Balaban J connectivity index is 1.76. The Morgan fingerprint density at radius 2 is 1.95 bits per heavy atom. The van der Waals surface area contributed by atoms with E-state index >= 15 is 0 Å². The molecule has 21 heavy (non-hydrogen) atoms. The van der Waals surface area contributed by atoms with Gasteiger partial charge >= 0.3 is 0 Å². The molecule has 3 aromatic heterocycles. The second-order valence-electron chi connectivity index (χ2n) is 5.03. The molecule has 1 N–H and O–H groups in total. The maximum Gasteiger partial charge on any atom is 0.0468 e. The van der Waals surface area contributed by atoms with Gasteiger partial charge in [-0.1, -0.05) is 18.2 Å². The first-order valence-electron chi connectivity index (χ1n) is 7.04. The van der Waals surface area contributed by atoms with Gasteiger partial charge in [0, 0.05) is 40.7 Å². The molecule has 0 aromatic carbocycles. The van der Waals surface area contributed by atoms with Crippen molar-refractivity contribution in [3.63, 3.8) is 0 Å². The van der Waals surface area contributed by atoms with Crippen LogP contribution in [0.15, 0.2) is 59.6 Å². The summed E-state index contributed by atoms with van der Waals surface area (Å²) in [7, 11) is 0. The van der Waals surface area contributed by atoms with Gasteiger partial charge in [0.15, 0.2) is 0 Å². The summed E-state index contributed by atoms with van der Waals surface area (Å²) < 4.78 is 0. The standard InChI is InChI=1S/C17H18N2S2/c1-13(14-5-2-8-18-12-14)19-16(17-7-4-10-21-17)11-15-6-3-9-20-15/h2-10,12-13,16,19H,11H2,1H3/t13-,16?/m0/s1. The maximum absolute atomic E-state index is 4.22. The number of hydrogen-bond acceptors (Lipinski definition) is 4. The Morgan fingerprint density at radius 3 is 2.62 bits per heavy atom. The van der Waals surface area contributed by atoms with Gasteiger partial charge in [-0.15, -0.1) is 22.7 Å². The Labute approximate surface area is 133 Å². The minimum absolute atomic E-state index is 0.283. The Morgan fingerprint density at radius 1 is 1.10 bits per heavy atom. The summed E-state index contributed by atoms with van der Waals surface area (Å²) in [6, 6.07) is 13.4. The third-order valence-electron chi connectivity index (χ3n) is 3.51. The highest BCUT2D eigenvalue weighted by Gasteiger charge is 2.17. The van der Waals surface area contributed by atoms with Crippen LogP contribution in [0.3, 0.4) is 0 Å². The van der Waals surface area contributed by atoms with Crippen LogP contribution in [-0.4, -0.2) is 4.98 Å². The number of aromatic nitrogens is 1. The van der Waals surface area contributed by atoms with Gasteiger partial charge < -0.3 is 5.32 Å². The first kappa shape index (κ1) is 14.4. The van der Waals surface area contributed by atoms with Crippen LogP contribution in [0, 0.1) is 0 Å². The molecule has 3 aromatic rings. The number of pyridine rings is 1. The van der Waals surface area contributed by atoms with E-state index < -0.39 is 0 Å². The first-order chi connectivity index (χ1) is 10.3. The van der Waals surface area contributed by atoms with E-state index in [1.807, 2.05) is 41.1 Å². The minimum atomic E-state index is 0.283. The quantitative estimate of drug-likeness (QED) is 0.704. The van der Waals surface area contributed by atoms with E-state index in [9.17, 15) is 0 Å². The predicted octanol–water partition coefficient (Wildman–Crippen LogP) is 4.84. The fourth-order valence-corrected chi connectivity index (χ4v) is 3.93. The Kier molecular flexibility index (Phi) is 4.80. The molecule has 3 heterocycles. The third kappa shape index (κ3) is 3.79. The topological polar surface area (TPSA) is 24.9 Å². The molecule has 0 aliphatic heterocycles. The smallest absolute Gasteiger partial charge is 0.0468 e. The molecule has 0 amide bonds. The molecular formula is C17H18N2S2. The van der Waals surface area contributed by atoms with E-state index in [-0.39, 0.29) is 6.04 Å². The molecule has 0 saturated carbocycles. The molecule has 2 nitrogen and oxygen atoms in total. The van der Waals surface area contributed by atoms with Crippen molar-refractivity contribution < 1.29 is 0 Å². The van der Waals surface area contributed by atoms with Crippen molar-refractivity contribution in [2.24, 2.45) is 0 Å². The summed E-state index contributed by atoms with van der Waals surface area (Å²) in [6.07, 6.45) is 4.79. The van der Waals surface area contributed by atoms with Gasteiger partial charge in [-0.05, 0) is 41.4 Å². The molecule has 0 radical (unpaired) electrons. The van der Waals surface area contributed by atoms with Crippen molar-refractivity contribution in [1.82, 2.24) is 10.3 Å². The molecule has 0 aliphatic carbocycles. The van der Waals surface area contributed by atoms with Crippen molar-refractivity contribution in [1.29, 1.82) is 0 Å². The molecule has 0 fully saturated rings. The number of nitrogens with zero attached hydrogens (tertiary/aromatic N) is 1. The maximum atomic E-state index is 4.22. The summed E-state index contributed by atoms with van der Waals surface area (Å²) >= 11 is 3.64. The van der Waals surface area contributed by atoms with Gasteiger partial charge in [-0.25, -0.2) is 0 Å². The summed E-state index contributed by atoms with van der Waals surface area (Å²) in [5.74, 6) is 0. The lowest BCUT2D eigenvalue weighted by atomic mass is 10.1. The average Bonchev–Trinajstić information content (AvgIpc) is 3.21. The van der Waals surface area contributed by atoms with Crippen LogP contribution >= 0.6 is 22.7 Å². The summed E-state index contributed by atoms with van der Waals surface area (Å²) in [5.41, 5.74) is 1.23. The summed E-state index contributed by atoms with van der Waals surface area (Å²) in [5, 5.41) is 8.04. The zero-order valence-corrected chi connectivity index (χ0v) is 13.5. The number of thiophene rings is 2. The molecule has 1 unspecified atom stereocenters. The van der Waals surface area contributed by atoms with E-state index in [0.29, 0.717) is 6.04 Å².